The van der Waals surface area contributed by atoms with Gasteiger partial charge in [0.2, 0.25) is 0 Å². The summed E-state index contributed by atoms with van der Waals surface area (Å²) in [4.78, 5) is 11.1. The topological polar surface area (TPSA) is 64.3 Å². The molecule has 1 amide bonds. The van der Waals surface area contributed by atoms with Crippen LogP contribution in [0.1, 0.15) is 12.5 Å². The molecule has 0 aliphatic carbocycles. The minimum atomic E-state index is -0.121. The average molecular weight is 208 g/mol. The largest absolute Gasteiger partial charge is 0.483 e. The molecule has 15 heavy (non-hydrogen) atoms. The van der Waals surface area contributed by atoms with Gasteiger partial charge in [0.05, 0.1) is 0 Å². The molecule has 0 bridgehead atoms. The predicted octanol–water partition coefficient (Wildman–Crippen LogP) is 0.660. The number of carbonyl (C=O) groups is 1. The van der Waals surface area contributed by atoms with E-state index < -0.39 is 0 Å². The van der Waals surface area contributed by atoms with Crippen molar-refractivity contribution in [3.63, 3.8) is 0 Å². The fraction of sp³-hybridized carbons (Fsp3) is 0.364. The van der Waals surface area contributed by atoms with E-state index in [0.717, 1.165) is 5.56 Å². The summed E-state index contributed by atoms with van der Waals surface area (Å²) < 4.78 is 5.35. The van der Waals surface area contributed by atoms with E-state index in [0.29, 0.717) is 18.8 Å². The summed E-state index contributed by atoms with van der Waals surface area (Å²) in [7, 11) is 0. The zero-order valence-electron chi connectivity index (χ0n) is 8.82. The van der Waals surface area contributed by atoms with Crippen LogP contribution < -0.4 is 15.8 Å². The lowest BCUT2D eigenvalue weighted by molar-refractivity contribution is -0.122. The fourth-order valence-electron chi connectivity index (χ4n) is 1.20. The summed E-state index contributed by atoms with van der Waals surface area (Å²) >= 11 is 0. The van der Waals surface area contributed by atoms with E-state index in [1.807, 2.05) is 25.1 Å². The molecule has 1 aromatic carbocycles. The second-order valence-electron chi connectivity index (χ2n) is 3.05. The summed E-state index contributed by atoms with van der Waals surface area (Å²) in [5.41, 5.74) is 6.44. The van der Waals surface area contributed by atoms with Crippen molar-refractivity contribution < 1.29 is 9.53 Å². The minimum absolute atomic E-state index is 0.0326. The van der Waals surface area contributed by atoms with Gasteiger partial charge in [0.1, 0.15) is 5.75 Å². The van der Waals surface area contributed by atoms with Crippen molar-refractivity contribution in [2.45, 2.75) is 13.5 Å². The number of nitrogens with one attached hydrogen (secondary N) is 1. The lowest BCUT2D eigenvalue weighted by Crippen LogP contribution is -2.28. The maximum Gasteiger partial charge on any atom is 0.257 e. The summed E-state index contributed by atoms with van der Waals surface area (Å²) in [6, 6.07) is 7.43. The van der Waals surface area contributed by atoms with Gasteiger partial charge in [-0.3, -0.25) is 4.79 Å². The fourth-order valence-corrected chi connectivity index (χ4v) is 1.20. The van der Waals surface area contributed by atoms with Crippen molar-refractivity contribution in [1.29, 1.82) is 0 Å². The first-order chi connectivity index (χ1) is 7.27. The molecule has 1 rings (SSSR count). The first-order valence-electron chi connectivity index (χ1n) is 4.95. The van der Waals surface area contributed by atoms with Crippen molar-refractivity contribution in [2.75, 3.05) is 13.2 Å². The van der Waals surface area contributed by atoms with Crippen molar-refractivity contribution in [2.24, 2.45) is 5.73 Å². The molecule has 1 aromatic rings. The molecule has 0 fully saturated rings. The highest BCUT2D eigenvalue weighted by molar-refractivity contribution is 5.77. The molecule has 0 spiro atoms. The number of ether oxygens (including phenoxy) is 1. The molecule has 0 saturated heterocycles. The van der Waals surface area contributed by atoms with E-state index in [2.05, 4.69) is 5.32 Å². The Balaban J connectivity index is 2.53. The SMILES string of the molecule is CCNC(=O)COc1ccccc1CN. The molecule has 0 aromatic heterocycles. The van der Waals surface area contributed by atoms with E-state index in [4.69, 9.17) is 10.5 Å². The van der Waals surface area contributed by atoms with Crippen LogP contribution in [0.3, 0.4) is 0 Å². The van der Waals surface area contributed by atoms with Crippen molar-refractivity contribution in [1.82, 2.24) is 5.32 Å². The maximum atomic E-state index is 11.1. The van der Waals surface area contributed by atoms with Gasteiger partial charge in [0.15, 0.2) is 6.61 Å². The maximum absolute atomic E-state index is 11.1. The average Bonchev–Trinajstić information content (AvgIpc) is 2.27. The van der Waals surface area contributed by atoms with Crippen LogP contribution in [0.5, 0.6) is 5.75 Å². The van der Waals surface area contributed by atoms with E-state index in [9.17, 15) is 4.79 Å². The van der Waals surface area contributed by atoms with Crippen LogP contribution in [0.25, 0.3) is 0 Å². The number of carbonyl (C=O) groups excluding carboxylic acids is 1. The molecule has 0 aliphatic heterocycles. The number of rotatable bonds is 5. The number of likely N-dealkylation sites (N-methyl/N-ethyl adjacent to an activating group) is 1. The third-order valence-electron chi connectivity index (χ3n) is 1.93. The van der Waals surface area contributed by atoms with Crippen molar-refractivity contribution >= 4 is 5.91 Å². The van der Waals surface area contributed by atoms with Crippen LogP contribution in [-0.2, 0) is 11.3 Å². The second-order valence-corrected chi connectivity index (χ2v) is 3.05. The Hall–Kier alpha value is -1.55. The predicted molar refractivity (Wildman–Crippen MR) is 58.5 cm³/mol. The molecule has 4 nitrogen and oxygen atoms in total. The third-order valence-corrected chi connectivity index (χ3v) is 1.93. The summed E-state index contributed by atoms with van der Waals surface area (Å²) in [6.45, 7) is 2.92. The Bertz CT molecular complexity index is 326. The Morgan fingerprint density at radius 3 is 2.87 bits per heavy atom. The Morgan fingerprint density at radius 2 is 2.20 bits per heavy atom. The number of hydrogen-bond donors (Lipinski definition) is 2. The highest BCUT2D eigenvalue weighted by Gasteiger charge is 2.03. The Kier molecular flexibility index (Phi) is 4.63. The van der Waals surface area contributed by atoms with Gasteiger partial charge in [-0.2, -0.15) is 0 Å². The molecular weight excluding hydrogens is 192 g/mol. The molecule has 0 saturated carbocycles. The smallest absolute Gasteiger partial charge is 0.257 e. The Labute approximate surface area is 89.4 Å². The number of nitrogens with two attached hydrogens (primary N) is 1. The van der Waals surface area contributed by atoms with Gasteiger partial charge in [-0.1, -0.05) is 18.2 Å². The molecule has 0 heterocycles. The molecule has 0 aliphatic rings. The van der Waals surface area contributed by atoms with Gasteiger partial charge in [-0.15, -0.1) is 0 Å². The van der Waals surface area contributed by atoms with Crippen LogP contribution >= 0.6 is 0 Å². The third kappa shape index (κ3) is 3.59. The first kappa shape index (κ1) is 11.5. The lowest BCUT2D eigenvalue weighted by Gasteiger charge is -2.09. The number of hydrogen-bond acceptors (Lipinski definition) is 3. The van der Waals surface area contributed by atoms with E-state index in [1.165, 1.54) is 0 Å². The Morgan fingerprint density at radius 1 is 1.47 bits per heavy atom. The van der Waals surface area contributed by atoms with Crippen molar-refractivity contribution in [3.8, 4) is 5.75 Å². The first-order valence-corrected chi connectivity index (χ1v) is 4.95. The lowest BCUT2D eigenvalue weighted by atomic mass is 10.2. The van der Waals surface area contributed by atoms with Gasteiger partial charge < -0.3 is 15.8 Å². The monoisotopic (exact) mass is 208 g/mol. The van der Waals surface area contributed by atoms with Gasteiger partial charge in [0.25, 0.3) is 5.91 Å². The summed E-state index contributed by atoms with van der Waals surface area (Å²) in [5, 5.41) is 2.66. The number of benzene rings is 1. The minimum Gasteiger partial charge on any atom is -0.483 e. The van der Waals surface area contributed by atoms with Crippen LogP contribution in [0.2, 0.25) is 0 Å². The van der Waals surface area contributed by atoms with Crippen LogP contribution in [0.15, 0.2) is 24.3 Å². The van der Waals surface area contributed by atoms with E-state index in [1.54, 1.807) is 6.07 Å². The molecule has 0 atom stereocenters. The molecule has 3 N–H and O–H groups in total. The number of para-hydroxylation sites is 1. The van der Waals surface area contributed by atoms with Crippen LogP contribution in [0, 0.1) is 0 Å². The molecular formula is C11H16N2O2. The van der Waals surface area contributed by atoms with E-state index >= 15 is 0 Å². The number of amides is 1. The highest BCUT2D eigenvalue weighted by Crippen LogP contribution is 2.16. The molecule has 0 radical (unpaired) electrons. The van der Waals surface area contributed by atoms with Gasteiger partial charge in [0, 0.05) is 18.7 Å². The van der Waals surface area contributed by atoms with Gasteiger partial charge >= 0.3 is 0 Å². The quantitative estimate of drug-likeness (QED) is 0.747. The zero-order chi connectivity index (χ0) is 11.1. The summed E-state index contributed by atoms with van der Waals surface area (Å²) in [5.74, 6) is 0.551. The van der Waals surface area contributed by atoms with Gasteiger partial charge in [-0.05, 0) is 13.0 Å². The van der Waals surface area contributed by atoms with Crippen LogP contribution in [0.4, 0.5) is 0 Å². The zero-order valence-corrected chi connectivity index (χ0v) is 8.82. The summed E-state index contributed by atoms with van der Waals surface area (Å²) in [6.07, 6.45) is 0. The van der Waals surface area contributed by atoms with E-state index in [-0.39, 0.29) is 12.5 Å². The normalized spacial score (nSPS) is 9.73. The molecule has 4 heteroatoms. The van der Waals surface area contributed by atoms with Crippen LogP contribution in [-0.4, -0.2) is 19.1 Å². The van der Waals surface area contributed by atoms with Crippen molar-refractivity contribution in [3.05, 3.63) is 29.8 Å². The molecule has 0 unspecified atom stereocenters. The second kappa shape index (κ2) is 6.03. The van der Waals surface area contributed by atoms with Gasteiger partial charge in [-0.25, -0.2) is 0 Å². The molecule has 82 valence electrons. The standard InChI is InChI=1S/C11H16N2O2/c1-2-13-11(14)8-15-10-6-4-3-5-9(10)7-12/h3-6H,2,7-8,12H2,1H3,(H,13,14). The highest BCUT2D eigenvalue weighted by atomic mass is 16.5.